The lowest BCUT2D eigenvalue weighted by atomic mass is 10.1. The first-order valence-electron chi connectivity index (χ1n) is 5.09. The normalized spacial score (nSPS) is 12.5. The number of rotatable bonds is 5. The van der Waals surface area contributed by atoms with Gasteiger partial charge in [-0.15, -0.1) is 0 Å². The van der Waals surface area contributed by atoms with E-state index in [9.17, 15) is 4.79 Å². The van der Waals surface area contributed by atoms with Gasteiger partial charge in [-0.1, -0.05) is 6.92 Å². The SMILES string of the molecule is CC(CCN)CNC(=O)c1cn(C)cn1. The number of nitrogens with zero attached hydrogens (tertiary/aromatic N) is 2. The van der Waals surface area contributed by atoms with Crippen LogP contribution in [0.4, 0.5) is 0 Å². The number of hydrogen-bond acceptors (Lipinski definition) is 3. The molecule has 0 spiro atoms. The smallest absolute Gasteiger partial charge is 0.271 e. The van der Waals surface area contributed by atoms with Crippen molar-refractivity contribution in [1.82, 2.24) is 14.9 Å². The largest absolute Gasteiger partial charge is 0.350 e. The van der Waals surface area contributed by atoms with E-state index < -0.39 is 0 Å². The molecule has 0 aliphatic heterocycles. The van der Waals surface area contributed by atoms with Gasteiger partial charge in [0.05, 0.1) is 6.33 Å². The number of imidazole rings is 1. The number of hydrogen-bond donors (Lipinski definition) is 2. The molecule has 3 N–H and O–H groups in total. The van der Waals surface area contributed by atoms with Gasteiger partial charge in [-0.05, 0) is 18.9 Å². The minimum Gasteiger partial charge on any atom is -0.350 e. The van der Waals surface area contributed by atoms with E-state index in [2.05, 4.69) is 17.2 Å². The van der Waals surface area contributed by atoms with Crippen molar-refractivity contribution in [3.05, 3.63) is 18.2 Å². The summed E-state index contributed by atoms with van der Waals surface area (Å²) in [5.41, 5.74) is 5.88. The maximum atomic E-state index is 11.5. The highest BCUT2D eigenvalue weighted by Gasteiger charge is 2.09. The number of nitrogens with two attached hydrogens (primary N) is 1. The van der Waals surface area contributed by atoms with Gasteiger partial charge in [0.1, 0.15) is 5.69 Å². The zero-order chi connectivity index (χ0) is 11.3. The van der Waals surface area contributed by atoms with Crippen molar-refractivity contribution >= 4 is 5.91 Å². The average molecular weight is 210 g/mol. The van der Waals surface area contributed by atoms with Gasteiger partial charge in [0.15, 0.2) is 0 Å². The van der Waals surface area contributed by atoms with E-state index in [-0.39, 0.29) is 5.91 Å². The first-order valence-corrected chi connectivity index (χ1v) is 5.09. The molecule has 0 aliphatic rings. The predicted molar refractivity (Wildman–Crippen MR) is 58.4 cm³/mol. The van der Waals surface area contributed by atoms with E-state index in [0.29, 0.717) is 24.7 Å². The van der Waals surface area contributed by atoms with Gasteiger partial charge < -0.3 is 15.6 Å². The Kier molecular flexibility index (Phi) is 4.30. The molecule has 1 amide bonds. The Balaban J connectivity index is 2.36. The topological polar surface area (TPSA) is 72.9 Å². The molecule has 1 atom stereocenters. The Hall–Kier alpha value is -1.36. The molecule has 5 heteroatoms. The lowest BCUT2D eigenvalue weighted by Crippen LogP contribution is -2.29. The zero-order valence-corrected chi connectivity index (χ0v) is 9.23. The Morgan fingerprint density at radius 3 is 3.00 bits per heavy atom. The summed E-state index contributed by atoms with van der Waals surface area (Å²) in [6, 6.07) is 0. The molecule has 0 radical (unpaired) electrons. The fraction of sp³-hybridized carbons (Fsp3) is 0.600. The van der Waals surface area contributed by atoms with Crippen molar-refractivity contribution < 1.29 is 4.79 Å². The van der Waals surface area contributed by atoms with Crippen molar-refractivity contribution in [1.29, 1.82) is 0 Å². The fourth-order valence-electron chi connectivity index (χ4n) is 1.27. The molecule has 1 aromatic rings. The maximum Gasteiger partial charge on any atom is 0.271 e. The summed E-state index contributed by atoms with van der Waals surface area (Å²) in [4.78, 5) is 15.5. The van der Waals surface area contributed by atoms with Crippen molar-refractivity contribution in [2.24, 2.45) is 18.7 Å². The van der Waals surface area contributed by atoms with E-state index in [4.69, 9.17) is 5.73 Å². The van der Waals surface area contributed by atoms with Crippen LogP contribution in [0.3, 0.4) is 0 Å². The average Bonchev–Trinajstić information content (AvgIpc) is 2.62. The maximum absolute atomic E-state index is 11.5. The Bertz CT molecular complexity index is 321. The molecule has 1 rings (SSSR count). The van der Waals surface area contributed by atoms with Crippen LogP contribution in [0.15, 0.2) is 12.5 Å². The van der Waals surface area contributed by atoms with Crippen molar-refractivity contribution in [3.63, 3.8) is 0 Å². The third kappa shape index (κ3) is 3.71. The molecule has 5 nitrogen and oxygen atoms in total. The molecule has 1 aromatic heterocycles. The van der Waals surface area contributed by atoms with Crippen molar-refractivity contribution in [3.8, 4) is 0 Å². The lowest BCUT2D eigenvalue weighted by molar-refractivity contribution is 0.0943. The monoisotopic (exact) mass is 210 g/mol. The zero-order valence-electron chi connectivity index (χ0n) is 9.23. The summed E-state index contributed by atoms with van der Waals surface area (Å²) >= 11 is 0. The van der Waals surface area contributed by atoms with Gasteiger partial charge in [0, 0.05) is 19.8 Å². The van der Waals surface area contributed by atoms with Gasteiger partial charge in [-0.2, -0.15) is 0 Å². The van der Waals surface area contributed by atoms with Gasteiger partial charge in [0.25, 0.3) is 5.91 Å². The van der Waals surface area contributed by atoms with Gasteiger partial charge in [0.2, 0.25) is 0 Å². The van der Waals surface area contributed by atoms with E-state index in [0.717, 1.165) is 6.42 Å². The van der Waals surface area contributed by atoms with E-state index >= 15 is 0 Å². The molecule has 0 aliphatic carbocycles. The Morgan fingerprint density at radius 1 is 1.73 bits per heavy atom. The second kappa shape index (κ2) is 5.50. The summed E-state index contributed by atoms with van der Waals surface area (Å²) in [5, 5.41) is 2.83. The highest BCUT2D eigenvalue weighted by molar-refractivity contribution is 5.91. The van der Waals surface area contributed by atoms with Crippen molar-refractivity contribution in [2.75, 3.05) is 13.1 Å². The molecule has 84 valence electrons. The van der Waals surface area contributed by atoms with Crippen LogP contribution in [0.1, 0.15) is 23.8 Å². The third-order valence-electron chi connectivity index (χ3n) is 2.21. The highest BCUT2D eigenvalue weighted by atomic mass is 16.1. The van der Waals surface area contributed by atoms with Crippen LogP contribution >= 0.6 is 0 Å². The van der Waals surface area contributed by atoms with Crippen LogP contribution in [0.2, 0.25) is 0 Å². The summed E-state index contributed by atoms with van der Waals surface area (Å²) in [7, 11) is 1.83. The van der Waals surface area contributed by atoms with Crippen LogP contribution in [0.5, 0.6) is 0 Å². The molecule has 15 heavy (non-hydrogen) atoms. The third-order valence-corrected chi connectivity index (χ3v) is 2.21. The predicted octanol–water partition coefficient (Wildman–Crippen LogP) is 0.135. The first kappa shape index (κ1) is 11.7. The standard InChI is InChI=1S/C10H18N4O/c1-8(3-4-11)5-12-10(15)9-6-14(2)7-13-9/h6-8H,3-5,11H2,1-2H3,(H,12,15). The summed E-state index contributed by atoms with van der Waals surface area (Å²) in [5.74, 6) is 0.280. The number of carbonyl (C=O) groups is 1. The van der Waals surface area contributed by atoms with E-state index in [1.165, 1.54) is 0 Å². The van der Waals surface area contributed by atoms with E-state index in [1.54, 1.807) is 17.1 Å². The molecule has 0 aromatic carbocycles. The quantitative estimate of drug-likeness (QED) is 0.725. The molecule has 1 heterocycles. The summed E-state index contributed by atoms with van der Waals surface area (Å²) in [6.45, 7) is 3.36. The van der Waals surface area contributed by atoms with Gasteiger partial charge in [-0.25, -0.2) is 4.98 Å². The molecule has 0 saturated heterocycles. The molecule has 1 unspecified atom stereocenters. The second-order valence-electron chi connectivity index (χ2n) is 3.82. The second-order valence-corrected chi connectivity index (χ2v) is 3.82. The molecule has 0 bridgehead atoms. The van der Waals surface area contributed by atoms with E-state index in [1.807, 2.05) is 7.05 Å². The van der Waals surface area contributed by atoms with Crippen LogP contribution in [0, 0.1) is 5.92 Å². The fourth-order valence-corrected chi connectivity index (χ4v) is 1.27. The summed E-state index contributed by atoms with van der Waals surface area (Å²) < 4.78 is 1.75. The van der Waals surface area contributed by atoms with Gasteiger partial charge in [-0.3, -0.25) is 4.79 Å². The van der Waals surface area contributed by atoms with Crippen molar-refractivity contribution in [2.45, 2.75) is 13.3 Å². The molecule has 0 fully saturated rings. The van der Waals surface area contributed by atoms with Gasteiger partial charge >= 0.3 is 0 Å². The Labute approximate surface area is 89.7 Å². The molecule has 0 saturated carbocycles. The molecular formula is C10H18N4O. The van der Waals surface area contributed by atoms with Crippen LogP contribution in [0.25, 0.3) is 0 Å². The summed E-state index contributed by atoms with van der Waals surface area (Å²) in [6.07, 6.45) is 4.23. The highest BCUT2D eigenvalue weighted by Crippen LogP contribution is 1.99. The first-order chi connectivity index (χ1) is 7.13. The number of nitrogens with one attached hydrogen (secondary N) is 1. The lowest BCUT2D eigenvalue weighted by Gasteiger charge is -2.10. The number of aromatic nitrogens is 2. The number of aryl methyl sites for hydroxylation is 1. The Morgan fingerprint density at radius 2 is 2.47 bits per heavy atom. The molecular weight excluding hydrogens is 192 g/mol. The van der Waals surface area contributed by atoms with Crippen LogP contribution in [-0.2, 0) is 7.05 Å². The van der Waals surface area contributed by atoms with Crippen LogP contribution < -0.4 is 11.1 Å². The van der Waals surface area contributed by atoms with Crippen LogP contribution in [-0.4, -0.2) is 28.5 Å². The minimum atomic E-state index is -0.125. The number of carbonyl (C=O) groups excluding carboxylic acids is 1. The number of amides is 1. The minimum absolute atomic E-state index is 0.125.